The Labute approximate surface area is 154 Å². The summed E-state index contributed by atoms with van der Waals surface area (Å²) >= 11 is 0. The lowest BCUT2D eigenvalue weighted by atomic mass is 10.1. The maximum absolute atomic E-state index is 12.8. The second kappa shape index (κ2) is 7.76. The molecule has 144 valence electrons. The fourth-order valence-corrected chi connectivity index (χ4v) is 1.89. The molecule has 0 radical (unpaired) electrons. The molecule has 1 aromatic rings. The predicted octanol–water partition coefficient (Wildman–Crippen LogP) is 4.07. The lowest BCUT2D eigenvalue weighted by Gasteiger charge is -2.27. The second-order valence-electron chi connectivity index (χ2n) is 8.04. The van der Waals surface area contributed by atoms with Gasteiger partial charge in [-0.1, -0.05) is 0 Å². The molecule has 1 aromatic carbocycles. The zero-order chi connectivity index (χ0) is 20.3. The van der Waals surface area contributed by atoms with Crippen LogP contribution in [0.1, 0.15) is 51.9 Å². The molecule has 0 aromatic heterocycles. The molecule has 0 unspecified atom stereocenters. The van der Waals surface area contributed by atoms with Gasteiger partial charge in [-0.2, -0.15) is 0 Å². The van der Waals surface area contributed by atoms with Crippen molar-refractivity contribution >= 4 is 23.8 Å². The number of amides is 3. The molecule has 7 nitrogen and oxygen atoms in total. The molecule has 3 amide bonds. The fourth-order valence-electron chi connectivity index (χ4n) is 1.89. The van der Waals surface area contributed by atoms with E-state index < -0.39 is 29.3 Å². The first-order valence-corrected chi connectivity index (χ1v) is 8.29. The van der Waals surface area contributed by atoms with E-state index in [0.29, 0.717) is 4.90 Å². The Morgan fingerprint density at radius 2 is 1.15 bits per heavy atom. The Hall–Kier alpha value is -2.57. The number of carbonyl (C=O) groups is 3. The molecular formula is C19H28N2O5. The smallest absolute Gasteiger partial charge is 0.427 e. The van der Waals surface area contributed by atoms with Gasteiger partial charge in [-0.3, -0.25) is 4.79 Å². The van der Waals surface area contributed by atoms with Crippen LogP contribution in [0.3, 0.4) is 0 Å². The van der Waals surface area contributed by atoms with Crippen LogP contribution >= 0.6 is 0 Å². The second-order valence-corrected chi connectivity index (χ2v) is 8.04. The van der Waals surface area contributed by atoms with E-state index in [4.69, 9.17) is 9.47 Å². The van der Waals surface area contributed by atoms with E-state index in [9.17, 15) is 14.4 Å². The largest absolute Gasteiger partial charge is 0.443 e. The van der Waals surface area contributed by atoms with Crippen molar-refractivity contribution < 1.29 is 23.9 Å². The van der Waals surface area contributed by atoms with Crippen molar-refractivity contribution in [2.24, 2.45) is 0 Å². The first kappa shape index (κ1) is 21.5. The highest BCUT2D eigenvalue weighted by Crippen LogP contribution is 2.19. The van der Waals surface area contributed by atoms with Gasteiger partial charge >= 0.3 is 12.2 Å². The number of imide groups is 3. The molecule has 0 atom stereocenters. The first-order valence-electron chi connectivity index (χ1n) is 8.29. The van der Waals surface area contributed by atoms with Gasteiger partial charge in [-0.25, -0.2) is 9.59 Å². The lowest BCUT2D eigenvalue weighted by molar-refractivity contribution is 0.00398. The Morgan fingerprint density at radius 3 is 1.46 bits per heavy atom. The van der Waals surface area contributed by atoms with Gasteiger partial charge in [0.15, 0.2) is 0 Å². The molecule has 0 aliphatic rings. The summed E-state index contributed by atoms with van der Waals surface area (Å²) in [4.78, 5) is 39.9. The third-order valence-corrected chi connectivity index (χ3v) is 2.99. The Bertz CT molecular complexity index is 639. The van der Waals surface area contributed by atoms with Crippen LogP contribution < -0.4 is 4.90 Å². The van der Waals surface area contributed by atoms with Gasteiger partial charge < -0.3 is 14.4 Å². The summed E-state index contributed by atoms with van der Waals surface area (Å²) in [5.41, 5.74) is -0.686. The molecule has 7 heteroatoms. The number of nitrogens with zero attached hydrogens (tertiary/aromatic N) is 2. The summed E-state index contributed by atoms with van der Waals surface area (Å²) in [7, 11) is 3.73. The minimum absolute atomic E-state index is 0.173. The Kier molecular flexibility index (Phi) is 6.41. The highest BCUT2D eigenvalue weighted by molar-refractivity contribution is 6.13. The van der Waals surface area contributed by atoms with E-state index >= 15 is 0 Å². The summed E-state index contributed by atoms with van der Waals surface area (Å²) in [5, 5.41) is 0. The van der Waals surface area contributed by atoms with E-state index in [1.165, 1.54) is 0 Å². The van der Waals surface area contributed by atoms with E-state index in [0.717, 1.165) is 5.69 Å². The van der Waals surface area contributed by atoms with Crippen LogP contribution in [0.4, 0.5) is 15.3 Å². The molecule has 0 N–H and O–H groups in total. The number of anilines is 1. The summed E-state index contributed by atoms with van der Waals surface area (Å²) in [5.74, 6) is -0.807. The number of rotatable bonds is 2. The van der Waals surface area contributed by atoms with Crippen LogP contribution in [0, 0.1) is 0 Å². The standard InChI is InChI=1S/C19H28N2O5/c1-18(2,3)25-16(23)21(17(24)26-19(4,5)6)15(22)13-9-11-14(12-10-13)20(7)8/h9-12H,1-8H3. The number of benzene rings is 1. The van der Waals surface area contributed by atoms with Crippen molar-refractivity contribution in [1.82, 2.24) is 4.90 Å². The number of carbonyl (C=O) groups excluding carboxylic acids is 3. The first-order chi connectivity index (χ1) is 11.7. The van der Waals surface area contributed by atoms with Gasteiger partial charge in [0.05, 0.1) is 0 Å². The van der Waals surface area contributed by atoms with Gasteiger partial charge in [0.1, 0.15) is 11.2 Å². The fraction of sp³-hybridized carbons (Fsp3) is 0.526. The number of ether oxygens (including phenoxy) is 2. The monoisotopic (exact) mass is 364 g/mol. The Balaban J connectivity index is 3.19. The maximum Gasteiger partial charge on any atom is 0.427 e. The van der Waals surface area contributed by atoms with E-state index in [1.807, 2.05) is 19.0 Å². The minimum atomic E-state index is -1.08. The predicted molar refractivity (Wildman–Crippen MR) is 99.4 cm³/mol. The van der Waals surface area contributed by atoms with Crippen LogP contribution in [0.15, 0.2) is 24.3 Å². The molecule has 1 rings (SSSR count). The molecule has 0 heterocycles. The third kappa shape index (κ3) is 6.38. The average Bonchev–Trinajstić information content (AvgIpc) is 2.43. The maximum atomic E-state index is 12.8. The highest BCUT2D eigenvalue weighted by atomic mass is 16.6. The average molecular weight is 364 g/mol. The van der Waals surface area contributed by atoms with Crippen LogP contribution in [0.5, 0.6) is 0 Å². The van der Waals surface area contributed by atoms with Crippen molar-refractivity contribution in [2.75, 3.05) is 19.0 Å². The zero-order valence-corrected chi connectivity index (χ0v) is 16.7. The molecule has 0 bridgehead atoms. The van der Waals surface area contributed by atoms with Crippen molar-refractivity contribution in [3.63, 3.8) is 0 Å². The summed E-state index contributed by atoms with van der Waals surface area (Å²) in [6, 6.07) is 6.52. The Morgan fingerprint density at radius 1 is 0.769 bits per heavy atom. The zero-order valence-electron chi connectivity index (χ0n) is 16.7. The van der Waals surface area contributed by atoms with Gasteiger partial charge in [0.2, 0.25) is 0 Å². The molecule has 0 spiro atoms. The molecule has 0 fully saturated rings. The highest BCUT2D eigenvalue weighted by Gasteiger charge is 2.36. The SMILES string of the molecule is CN(C)c1ccc(C(=O)N(C(=O)OC(C)(C)C)C(=O)OC(C)(C)C)cc1. The molecule has 26 heavy (non-hydrogen) atoms. The minimum Gasteiger partial charge on any atom is -0.443 e. The topological polar surface area (TPSA) is 76.2 Å². The van der Waals surface area contributed by atoms with E-state index in [2.05, 4.69) is 0 Å². The molecule has 0 saturated heterocycles. The van der Waals surface area contributed by atoms with Crippen LogP contribution in [0.25, 0.3) is 0 Å². The van der Waals surface area contributed by atoms with E-state index in [1.54, 1.807) is 65.8 Å². The van der Waals surface area contributed by atoms with Crippen LogP contribution in [-0.2, 0) is 9.47 Å². The van der Waals surface area contributed by atoms with Crippen molar-refractivity contribution in [3.05, 3.63) is 29.8 Å². The van der Waals surface area contributed by atoms with Gasteiger partial charge in [0.25, 0.3) is 5.91 Å². The summed E-state index contributed by atoms with van der Waals surface area (Å²) in [6.45, 7) is 9.88. The number of hydrogen-bond acceptors (Lipinski definition) is 6. The molecule has 0 saturated carbocycles. The van der Waals surface area contributed by atoms with Gasteiger partial charge in [-0.05, 0) is 65.8 Å². The van der Waals surface area contributed by atoms with Crippen LogP contribution in [-0.4, -0.2) is 48.3 Å². The van der Waals surface area contributed by atoms with Crippen molar-refractivity contribution in [1.29, 1.82) is 0 Å². The quantitative estimate of drug-likeness (QED) is 0.787. The normalized spacial score (nSPS) is 11.5. The third-order valence-electron chi connectivity index (χ3n) is 2.99. The lowest BCUT2D eigenvalue weighted by Crippen LogP contribution is -2.46. The van der Waals surface area contributed by atoms with Crippen molar-refractivity contribution in [3.8, 4) is 0 Å². The number of hydrogen-bond donors (Lipinski definition) is 0. The molecular weight excluding hydrogens is 336 g/mol. The summed E-state index contributed by atoms with van der Waals surface area (Å²) < 4.78 is 10.4. The molecule has 0 aliphatic heterocycles. The van der Waals surface area contributed by atoms with E-state index in [-0.39, 0.29) is 5.56 Å². The van der Waals surface area contributed by atoms with Gasteiger partial charge in [0, 0.05) is 25.3 Å². The van der Waals surface area contributed by atoms with Crippen molar-refractivity contribution in [2.45, 2.75) is 52.7 Å². The summed E-state index contributed by atoms with van der Waals surface area (Å²) in [6.07, 6.45) is -2.15. The van der Waals surface area contributed by atoms with Crippen LogP contribution in [0.2, 0.25) is 0 Å². The molecule has 0 aliphatic carbocycles. The van der Waals surface area contributed by atoms with Gasteiger partial charge in [-0.15, -0.1) is 4.90 Å².